The molecule has 0 atom stereocenters. The average molecular weight is 238 g/mol. The molecule has 0 saturated heterocycles. The molecule has 0 spiro atoms. The first kappa shape index (κ1) is 11.0. The van der Waals surface area contributed by atoms with Crippen molar-refractivity contribution < 1.29 is 9.53 Å². The first-order valence-electron chi connectivity index (χ1n) is 5.12. The predicted octanol–water partition coefficient (Wildman–Crippen LogP) is 3.33. The van der Waals surface area contributed by atoms with Gasteiger partial charge in [0.05, 0.1) is 12.3 Å². The van der Waals surface area contributed by atoms with E-state index in [0.29, 0.717) is 18.2 Å². The molecule has 0 fully saturated rings. The predicted molar refractivity (Wildman–Crippen MR) is 64.9 cm³/mol. The van der Waals surface area contributed by atoms with E-state index >= 15 is 0 Å². The van der Waals surface area contributed by atoms with Crippen molar-refractivity contribution in [3.05, 3.63) is 34.9 Å². The van der Waals surface area contributed by atoms with Crippen LogP contribution in [0.25, 0.3) is 6.08 Å². The average Bonchev–Trinajstić information content (AvgIpc) is 2.28. The molecule has 84 valence electrons. The molecule has 1 aromatic rings. The van der Waals surface area contributed by atoms with E-state index in [1.807, 2.05) is 24.3 Å². The van der Waals surface area contributed by atoms with Gasteiger partial charge >= 0.3 is 6.09 Å². The van der Waals surface area contributed by atoms with Crippen molar-refractivity contribution in [2.75, 3.05) is 18.1 Å². The van der Waals surface area contributed by atoms with Crippen LogP contribution in [0.15, 0.2) is 24.3 Å². The summed E-state index contributed by atoms with van der Waals surface area (Å²) in [5.74, 6) is 0. The Labute approximate surface area is 99.3 Å². The van der Waals surface area contributed by atoms with Crippen molar-refractivity contribution in [1.82, 2.24) is 0 Å². The molecule has 1 amide bonds. The zero-order valence-corrected chi connectivity index (χ0v) is 9.70. The largest absolute Gasteiger partial charge is 0.449 e. The molecule has 0 radical (unpaired) electrons. The molecule has 2 rings (SSSR count). The van der Waals surface area contributed by atoms with Crippen LogP contribution in [0, 0.1) is 0 Å². The van der Waals surface area contributed by atoms with Crippen LogP contribution in [-0.4, -0.2) is 19.2 Å². The summed E-state index contributed by atoms with van der Waals surface area (Å²) < 4.78 is 4.99. The molecular formula is C12H12ClNO2. The molecule has 1 aliphatic rings. The molecular weight excluding hydrogens is 226 g/mol. The van der Waals surface area contributed by atoms with Gasteiger partial charge < -0.3 is 4.74 Å². The van der Waals surface area contributed by atoms with Crippen LogP contribution in [0.1, 0.15) is 12.5 Å². The Kier molecular flexibility index (Phi) is 3.15. The number of carbonyl (C=O) groups excluding carboxylic acids is 1. The normalized spacial score (nSPS) is 13.5. The number of fused-ring (bicyclic) bond motifs is 1. The second-order valence-electron chi connectivity index (χ2n) is 3.42. The van der Waals surface area contributed by atoms with Gasteiger partial charge in [-0.1, -0.05) is 23.8 Å². The van der Waals surface area contributed by atoms with Crippen molar-refractivity contribution in [1.29, 1.82) is 0 Å². The highest BCUT2D eigenvalue weighted by molar-refractivity contribution is 6.30. The molecule has 1 aliphatic heterocycles. The summed E-state index contributed by atoms with van der Waals surface area (Å²) in [6.07, 6.45) is 3.54. The van der Waals surface area contributed by atoms with Crippen LogP contribution in [-0.2, 0) is 4.74 Å². The zero-order chi connectivity index (χ0) is 11.5. The number of ether oxygens (including phenoxy) is 1. The summed E-state index contributed by atoms with van der Waals surface area (Å²) in [6, 6.07) is 5.43. The number of rotatable bonds is 1. The van der Waals surface area contributed by atoms with E-state index in [0.717, 1.165) is 11.3 Å². The molecule has 3 nitrogen and oxygen atoms in total. The Bertz CT molecular complexity index is 443. The monoisotopic (exact) mass is 237 g/mol. The molecule has 0 unspecified atom stereocenters. The SMILES string of the molecule is CCOC(=O)N1CC=Cc2cc(Cl)ccc21. The van der Waals surface area contributed by atoms with Crippen LogP contribution >= 0.6 is 11.6 Å². The van der Waals surface area contributed by atoms with Crippen LogP contribution in [0.2, 0.25) is 5.02 Å². The van der Waals surface area contributed by atoms with Gasteiger partial charge in [0.1, 0.15) is 0 Å². The van der Waals surface area contributed by atoms with Gasteiger partial charge in [-0.2, -0.15) is 0 Å². The molecule has 0 bridgehead atoms. The summed E-state index contributed by atoms with van der Waals surface area (Å²) >= 11 is 5.90. The molecule has 4 heteroatoms. The number of halogens is 1. The second kappa shape index (κ2) is 4.58. The maximum absolute atomic E-state index is 11.7. The minimum atomic E-state index is -0.324. The van der Waals surface area contributed by atoms with Gasteiger partial charge in [0.25, 0.3) is 0 Å². The number of benzene rings is 1. The summed E-state index contributed by atoms with van der Waals surface area (Å²) in [4.78, 5) is 13.3. The summed E-state index contributed by atoms with van der Waals surface area (Å²) in [6.45, 7) is 2.70. The van der Waals surface area contributed by atoms with E-state index in [4.69, 9.17) is 16.3 Å². The maximum atomic E-state index is 11.7. The standard InChI is InChI=1S/C12H12ClNO2/c1-2-16-12(15)14-7-3-4-9-8-10(13)5-6-11(9)14/h3-6,8H,2,7H2,1H3. The van der Waals surface area contributed by atoms with Crippen molar-refractivity contribution in [3.63, 3.8) is 0 Å². The van der Waals surface area contributed by atoms with E-state index in [1.54, 1.807) is 17.9 Å². The minimum Gasteiger partial charge on any atom is -0.449 e. The van der Waals surface area contributed by atoms with Gasteiger partial charge in [-0.05, 0) is 30.7 Å². The van der Waals surface area contributed by atoms with Gasteiger partial charge in [0.2, 0.25) is 0 Å². The molecule has 0 aromatic heterocycles. The van der Waals surface area contributed by atoms with Gasteiger partial charge in [0.15, 0.2) is 0 Å². The van der Waals surface area contributed by atoms with E-state index < -0.39 is 0 Å². The molecule has 0 N–H and O–H groups in total. The Morgan fingerprint density at radius 3 is 3.12 bits per heavy atom. The van der Waals surface area contributed by atoms with Crippen molar-refractivity contribution >= 4 is 29.5 Å². The van der Waals surface area contributed by atoms with Crippen LogP contribution in [0.3, 0.4) is 0 Å². The molecule has 0 saturated carbocycles. The van der Waals surface area contributed by atoms with Crippen LogP contribution < -0.4 is 4.90 Å². The lowest BCUT2D eigenvalue weighted by Gasteiger charge is -2.25. The fourth-order valence-electron chi connectivity index (χ4n) is 1.66. The first-order chi connectivity index (χ1) is 7.72. The molecule has 1 aromatic carbocycles. The molecule has 16 heavy (non-hydrogen) atoms. The van der Waals surface area contributed by atoms with Crippen LogP contribution in [0.4, 0.5) is 10.5 Å². The summed E-state index contributed by atoms with van der Waals surface area (Å²) in [7, 11) is 0. The molecule has 0 aliphatic carbocycles. The third kappa shape index (κ3) is 2.04. The molecule has 1 heterocycles. The number of amides is 1. The van der Waals surface area contributed by atoms with Gasteiger partial charge in [-0.25, -0.2) is 4.79 Å². The minimum absolute atomic E-state index is 0.324. The Morgan fingerprint density at radius 1 is 1.56 bits per heavy atom. The number of carbonyl (C=O) groups is 1. The third-order valence-electron chi connectivity index (χ3n) is 2.35. The number of anilines is 1. The Hall–Kier alpha value is -1.48. The van der Waals surface area contributed by atoms with E-state index in [1.165, 1.54) is 0 Å². The zero-order valence-electron chi connectivity index (χ0n) is 8.94. The number of nitrogens with zero attached hydrogens (tertiary/aromatic N) is 1. The van der Waals surface area contributed by atoms with Gasteiger partial charge in [-0.3, -0.25) is 4.90 Å². The lowest BCUT2D eigenvalue weighted by atomic mass is 10.1. The smallest absolute Gasteiger partial charge is 0.414 e. The summed E-state index contributed by atoms with van der Waals surface area (Å²) in [5, 5.41) is 0.661. The van der Waals surface area contributed by atoms with Gasteiger partial charge in [0, 0.05) is 11.6 Å². The van der Waals surface area contributed by atoms with Crippen molar-refractivity contribution in [2.24, 2.45) is 0 Å². The third-order valence-corrected chi connectivity index (χ3v) is 2.59. The Morgan fingerprint density at radius 2 is 2.38 bits per heavy atom. The van der Waals surface area contributed by atoms with Crippen molar-refractivity contribution in [3.8, 4) is 0 Å². The highest BCUT2D eigenvalue weighted by Crippen LogP contribution is 2.28. The summed E-state index contributed by atoms with van der Waals surface area (Å²) in [5.41, 5.74) is 1.78. The lowest BCUT2D eigenvalue weighted by Crippen LogP contribution is -2.33. The topological polar surface area (TPSA) is 29.5 Å². The van der Waals surface area contributed by atoms with E-state index in [9.17, 15) is 4.79 Å². The maximum Gasteiger partial charge on any atom is 0.414 e. The van der Waals surface area contributed by atoms with E-state index in [2.05, 4.69) is 0 Å². The van der Waals surface area contributed by atoms with Gasteiger partial charge in [-0.15, -0.1) is 0 Å². The van der Waals surface area contributed by atoms with Crippen LogP contribution in [0.5, 0.6) is 0 Å². The lowest BCUT2D eigenvalue weighted by molar-refractivity contribution is 0.160. The number of hydrogen-bond donors (Lipinski definition) is 0. The fraction of sp³-hybridized carbons (Fsp3) is 0.250. The Balaban J connectivity index is 2.33. The first-order valence-corrected chi connectivity index (χ1v) is 5.50. The quantitative estimate of drug-likeness (QED) is 0.750. The fourth-order valence-corrected chi connectivity index (χ4v) is 1.84. The second-order valence-corrected chi connectivity index (χ2v) is 3.85. The highest BCUT2D eigenvalue weighted by Gasteiger charge is 2.20. The number of hydrogen-bond acceptors (Lipinski definition) is 2. The van der Waals surface area contributed by atoms with E-state index in [-0.39, 0.29) is 6.09 Å². The highest BCUT2D eigenvalue weighted by atomic mass is 35.5. The van der Waals surface area contributed by atoms with Crippen molar-refractivity contribution in [2.45, 2.75) is 6.92 Å².